The summed E-state index contributed by atoms with van der Waals surface area (Å²) in [6.45, 7) is 2.56. The molecule has 1 aliphatic rings. The summed E-state index contributed by atoms with van der Waals surface area (Å²) in [6, 6.07) is 11.9. The van der Waals surface area contributed by atoms with Gasteiger partial charge in [-0.2, -0.15) is 0 Å². The van der Waals surface area contributed by atoms with E-state index in [2.05, 4.69) is 0 Å². The van der Waals surface area contributed by atoms with Gasteiger partial charge in [0, 0.05) is 19.2 Å². The lowest BCUT2D eigenvalue weighted by Gasteiger charge is -2.17. The van der Waals surface area contributed by atoms with Crippen molar-refractivity contribution in [1.82, 2.24) is 4.90 Å². The van der Waals surface area contributed by atoms with Crippen molar-refractivity contribution in [3.05, 3.63) is 58.7 Å². The van der Waals surface area contributed by atoms with Crippen LogP contribution in [0.5, 0.6) is 11.5 Å². The fourth-order valence-corrected chi connectivity index (χ4v) is 2.90. The second kappa shape index (κ2) is 6.40. The maximum Gasteiger partial charge on any atom is 0.254 e. The maximum atomic E-state index is 12.8. The van der Waals surface area contributed by atoms with Gasteiger partial charge >= 0.3 is 0 Å². The van der Waals surface area contributed by atoms with Crippen LogP contribution in [0.3, 0.4) is 0 Å². The Hall–Kier alpha value is -2.75. The Morgan fingerprint density at radius 2 is 1.62 bits per heavy atom. The minimum atomic E-state index is 0.00740. The quantitative estimate of drug-likeness (QED) is 0.867. The second-order valence-electron chi connectivity index (χ2n) is 5.99. The zero-order valence-corrected chi connectivity index (χ0v) is 14.4. The molecule has 1 aliphatic heterocycles. The summed E-state index contributed by atoms with van der Waals surface area (Å²) in [6.07, 6.45) is 1.94. The minimum Gasteiger partial charge on any atom is -0.493 e. The van der Waals surface area contributed by atoms with Crippen molar-refractivity contribution in [1.29, 1.82) is 0 Å². The predicted octanol–water partition coefficient (Wildman–Crippen LogP) is 3.52. The molecule has 1 heterocycles. The fourth-order valence-electron chi connectivity index (χ4n) is 2.90. The van der Waals surface area contributed by atoms with Crippen LogP contribution in [0.15, 0.2) is 36.4 Å². The van der Waals surface area contributed by atoms with Gasteiger partial charge in [-0.1, -0.05) is 29.8 Å². The molecule has 24 heavy (non-hydrogen) atoms. The van der Waals surface area contributed by atoms with Gasteiger partial charge in [-0.15, -0.1) is 0 Å². The number of fused-ring (bicyclic) bond motifs is 1. The molecule has 3 rings (SSSR count). The van der Waals surface area contributed by atoms with Crippen LogP contribution in [-0.2, 0) is 11.3 Å². The van der Waals surface area contributed by atoms with Crippen LogP contribution in [0, 0.1) is 6.92 Å². The standard InChI is InChI=1S/C20H21NO3/c1-13-5-7-14(8-6-13)17-9-15-10-18(23-3)19(24-4)11-16(15)12-21(2)20(17)22/h5-11H,12H2,1-4H3. The van der Waals surface area contributed by atoms with Gasteiger partial charge in [0.1, 0.15) is 0 Å². The van der Waals surface area contributed by atoms with Crippen molar-refractivity contribution in [2.24, 2.45) is 0 Å². The molecule has 0 radical (unpaired) electrons. The van der Waals surface area contributed by atoms with E-state index in [9.17, 15) is 4.79 Å². The molecule has 0 unspecified atom stereocenters. The zero-order valence-electron chi connectivity index (χ0n) is 14.4. The van der Waals surface area contributed by atoms with Crippen LogP contribution in [0.25, 0.3) is 11.6 Å². The molecular weight excluding hydrogens is 302 g/mol. The summed E-state index contributed by atoms with van der Waals surface area (Å²) in [5.41, 5.74) is 4.77. The van der Waals surface area contributed by atoms with Crippen LogP contribution in [-0.4, -0.2) is 32.1 Å². The van der Waals surface area contributed by atoms with E-state index >= 15 is 0 Å². The molecule has 2 aromatic carbocycles. The lowest BCUT2D eigenvalue weighted by atomic mass is 10.00. The van der Waals surface area contributed by atoms with Crippen LogP contribution < -0.4 is 9.47 Å². The van der Waals surface area contributed by atoms with E-state index in [1.807, 2.05) is 56.4 Å². The van der Waals surface area contributed by atoms with E-state index in [1.165, 1.54) is 5.56 Å². The van der Waals surface area contributed by atoms with E-state index in [4.69, 9.17) is 9.47 Å². The minimum absolute atomic E-state index is 0.00740. The lowest BCUT2D eigenvalue weighted by Crippen LogP contribution is -2.25. The van der Waals surface area contributed by atoms with Crippen LogP contribution >= 0.6 is 0 Å². The van der Waals surface area contributed by atoms with Gasteiger partial charge in [0.2, 0.25) is 0 Å². The third-order valence-corrected chi connectivity index (χ3v) is 4.29. The van der Waals surface area contributed by atoms with E-state index in [0.29, 0.717) is 23.6 Å². The summed E-state index contributed by atoms with van der Waals surface area (Å²) in [7, 11) is 5.04. The van der Waals surface area contributed by atoms with Crippen molar-refractivity contribution >= 4 is 17.6 Å². The number of rotatable bonds is 3. The topological polar surface area (TPSA) is 38.8 Å². The Balaban J connectivity index is 2.17. The number of likely N-dealkylation sites (N-methyl/N-ethyl adjacent to an activating group) is 1. The molecule has 4 nitrogen and oxygen atoms in total. The first-order valence-corrected chi connectivity index (χ1v) is 7.82. The van der Waals surface area contributed by atoms with Gasteiger partial charge in [-0.25, -0.2) is 0 Å². The van der Waals surface area contributed by atoms with Gasteiger partial charge in [-0.3, -0.25) is 4.79 Å². The molecule has 2 aromatic rings. The maximum absolute atomic E-state index is 12.8. The number of amides is 1. The molecule has 0 N–H and O–H groups in total. The van der Waals surface area contributed by atoms with Crippen molar-refractivity contribution in [3.8, 4) is 11.5 Å². The number of aryl methyl sites for hydroxylation is 1. The SMILES string of the molecule is COc1cc2c(cc1OC)CN(C)C(=O)C(c1ccc(C)cc1)=C2. The first-order chi connectivity index (χ1) is 11.5. The lowest BCUT2D eigenvalue weighted by molar-refractivity contribution is -0.124. The monoisotopic (exact) mass is 323 g/mol. The second-order valence-corrected chi connectivity index (χ2v) is 5.99. The first-order valence-electron chi connectivity index (χ1n) is 7.82. The number of carbonyl (C=O) groups excluding carboxylic acids is 1. The van der Waals surface area contributed by atoms with E-state index in [1.54, 1.807) is 19.1 Å². The molecule has 0 fully saturated rings. The van der Waals surface area contributed by atoms with Crippen molar-refractivity contribution in [3.63, 3.8) is 0 Å². The molecule has 0 bridgehead atoms. The Labute approximate surface area is 142 Å². The van der Waals surface area contributed by atoms with E-state index in [-0.39, 0.29) is 5.91 Å². The number of nitrogens with zero attached hydrogens (tertiary/aromatic N) is 1. The Morgan fingerprint density at radius 3 is 2.25 bits per heavy atom. The molecule has 0 aromatic heterocycles. The number of methoxy groups -OCH3 is 2. The molecule has 0 saturated carbocycles. The highest BCUT2D eigenvalue weighted by Gasteiger charge is 2.23. The number of benzene rings is 2. The van der Waals surface area contributed by atoms with Gasteiger partial charge in [-0.05, 0) is 41.8 Å². The zero-order chi connectivity index (χ0) is 17.3. The molecule has 124 valence electrons. The Morgan fingerprint density at radius 1 is 1.00 bits per heavy atom. The summed E-state index contributed by atoms with van der Waals surface area (Å²) >= 11 is 0. The molecule has 0 spiro atoms. The molecule has 0 saturated heterocycles. The third-order valence-electron chi connectivity index (χ3n) is 4.29. The van der Waals surface area contributed by atoms with E-state index in [0.717, 1.165) is 16.7 Å². The average molecular weight is 323 g/mol. The third kappa shape index (κ3) is 2.87. The number of hydrogen-bond donors (Lipinski definition) is 0. The number of ether oxygens (including phenoxy) is 2. The van der Waals surface area contributed by atoms with Gasteiger partial charge in [0.05, 0.1) is 14.2 Å². The van der Waals surface area contributed by atoms with Crippen LogP contribution in [0.2, 0.25) is 0 Å². The summed E-state index contributed by atoms with van der Waals surface area (Å²) in [5.74, 6) is 1.34. The Kier molecular flexibility index (Phi) is 4.30. The molecule has 0 atom stereocenters. The highest BCUT2D eigenvalue weighted by atomic mass is 16.5. The van der Waals surface area contributed by atoms with Gasteiger partial charge in [0.25, 0.3) is 5.91 Å². The van der Waals surface area contributed by atoms with Crippen LogP contribution in [0.4, 0.5) is 0 Å². The summed E-state index contributed by atoms with van der Waals surface area (Å²) in [4.78, 5) is 14.5. The first kappa shape index (κ1) is 16.1. The molecular formula is C20H21NO3. The fraction of sp³-hybridized carbons (Fsp3) is 0.250. The predicted molar refractivity (Wildman–Crippen MR) is 95.1 cm³/mol. The van der Waals surface area contributed by atoms with Gasteiger partial charge < -0.3 is 14.4 Å². The highest BCUT2D eigenvalue weighted by Crippen LogP contribution is 2.35. The highest BCUT2D eigenvalue weighted by molar-refractivity contribution is 6.24. The molecule has 4 heteroatoms. The number of carbonyl (C=O) groups is 1. The average Bonchev–Trinajstić information content (AvgIpc) is 2.71. The van der Waals surface area contributed by atoms with E-state index < -0.39 is 0 Å². The van der Waals surface area contributed by atoms with Crippen molar-refractivity contribution < 1.29 is 14.3 Å². The summed E-state index contributed by atoms with van der Waals surface area (Å²) in [5, 5.41) is 0. The molecule has 1 amide bonds. The van der Waals surface area contributed by atoms with Crippen molar-refractivity contribution in [2.45, 2.75) is 13.5 Å². The number of hydrogen-bond acceptors (Lipinski definition) is 3. The summed E-state index contributed by atoms with van der Waals surface area (Å²) < 4.78 is 10.8. The van der Waals surface area contributed by atoms with Crippen molar-refractivity contribution in [2.75, 3.05) is 21.3 Å². The Bertz CT molecular complexity index is 806. The largest absolute Gasteiger partial charge is 0.493 e. The van der Waals surface area contributed by atoms with Crippen LogP contribution in [0.1, 0.15) is 22.3 Å². The molecule has 0 aliphatic carbocycles. The smallest absolute Gasteiger partial charge is 0.254 e. The normalized spacial score (nSPS) is 13.9. The van der Waals surface area contributed by atoms with Gasteiger partial charge in [0.15, 0.2) is 11.5 Å².